The van der Waals surface area contributed by atoms with E-state index in [4.69, 9.17) is 0 Å². The van der Waals surface area contributed by atoms with Gasteiger partial charge in [0, 0.05) is 61.7 Å². The van der Waals surface area contributed by atoms with E-state index in [1.165, 1.54) is 5.56 Å². The van der Waals surface area contributed by atoms with E-state index in [0.29, 0.717) is 11.8 Å². The van der Waals surface area contributed by atoms with Crippen LogP contribution in [0, 0.1) is 25.7 Å². The highest BCUT2D eigenvalue weighted by Crippen LogP contribution is 2.35. The molecule has 2 aliphatic rings. The molecular formula is C16H20N6. The van der Waals surface area contributed by atoms with Crippen LogP contribution in [0.1, 0.15) is 11.3 Å². The molecule has 2 unspecified atom stereocenters. The molecule has 0 saturated carbocycles. The molecule has 114 valence electrons. The fourth-order valence-electron chi connectivity index (χ4n) is 3.65. The number of hydrogen-bond acceptors (Lipinski definition) is 6. The number of fused-ring (bicyclic) bond motifs is 1. The summed E-state index contributed by atoms with van der Waals surface area (Å²) in [6, 6.07) is 0. The van der Waals surface area contributed by atoms with Crippen LogP contribution in [-0.4, -0.2) is 46.1 Å². The first kappa shape index (κ1) is 13.4. The van der Waals surface area contributed by atoms with Gasteiger partial charge in [0.15, 0.2) is 0 Å². The molecule has 2 aliphatic heterocycles. The van der Waals surface area contributed by atoms with Gasteiger partial charge in [-0.25, -0.2) is 15.0 Å². The quantitative estimate of drug-likeness (QED) is 0.836. The highest BCUT2D eigenvalue weighted by atomic mass is 15.3. The molecule has 2 fully saturated rings. The van der Waals surface area contributed by atoms with Gasteiger partial charge in [-0.2, -0.15) is 0 Å². The second-order valence-electron chi connectivity index (χ2n) is 6.30. The van der Waals surface area contributed by atoms with Gasteiger partial charge in [-0.3, -0.25) is 4.98 Å². The van der Waals surface area contributed by atoms with Gasteiger partial charge in [-0.1, -0.05) is 0 Å². The van der Waals surface area contributed by atoms with Crippen molar-refractivity contribution in [1.82, 2.24) is 19.9 Å². The molecule has 4 rings (SSSR count). The van der Waals surface area contributed by atoms with E-state index in [9.17, 15) is 0 Å². The van der Waals surface area contributed by atoms with Crippen LogP contribution in [0.3, 0.4) is 0 Å². The maximum Gasteiger partial charge on any atom is 0.147 e. The molecule has 2 aromatic rings. The first-order valence-corrected chi connectivity index (χ1v) is 7.76. The van der Waals surface area contributed by atoms with E-state index in [2.05, 4.69) is 36.7 Å². The van der Waals surface area contributed by atoms with Crippen LogP contribution in [-0.2, 0) is 0 Å². The molecule has 22 heavy (non-hydrogen) atoms. The van der Waals surface area contributed by atoms with Crippen LogP contribution in [0.4, 0.5) is 11.6 Å². The summed E-state index contributed by atoms with van der Waals surface area (Å²) in [6.45, 7) is 8.42. The summed E-state index contributed by atoms with van der Waals surface area (Å²) < 4.78 is 0. The summed E-state index contributed by atoms with van der Waals surface area (Å²) in [5, 5.41) is 0. The Morgan fingerprint density at radius 2 is 1.64 bits per heavy atom. The smallest absolute Gasteiger partial charge is 0.147 e. The highest BCUT2D eigenvalue weighted by Gasteiger charge is 2.41. The molecule has 0 aromatic carbocycles. The van der Waals surface area contributed by atoms with Crippen LogP contribution >= 0.6 is 0 Å². The number of anilines is 2. The van der Waals surface area contributed by atoms with Crippen molar-refractivity contribution in [3.8, 4) is 0 Å². The van der Waals surface area contributed by atoms with Crippen molar-refractivity contribution in [1.29, 1.82) is 0 Å². The SMILES string of the molecule is Cc1ncnc(N2CC3CN(c4cnccn4)CC3C2)c1C. The van der Waals surface area contributed by atoms with E-state index in [1.54, 1.807) is 18.7 Å². The Morgan fingerprint density at radius 1 is 0.909 bits per heavy atom. The van der Waals surface area contributed by atoms with E-state index < -0.39 is 0 Å². The summed E-state index contributed by atoms with van der Waals surface area (Å²) in [4.78, 5) is 22.2. The summed E-state index contributed by atoms with van der Waals surface area (Å²) in [7, 11) is 0. The second kappa shape index (κ2) is 5.19. The fraction of sp³-hybridized carbons (Fsp3) is 0.500. The summed E-state index contributed by atoms with van der Waals surface area (Å²) in [6.07, 6.45) is 7.03. The van der Waals surface area contributed by atoms with E-state index >= 15 is 0 Å². The normalized spacial score (nSPS) is 23.9. The Hall–Kier alpha value is -2.24. The minimum Gasteiger partial charge on any atom is -0.356 e. The van der Waals surface area contributed by atoms with Crippen LogP contribution in [0.15, 0.2) is 24.9 Å². The van der Waals surface area contributed by atoms with E-state index in [1.807, 2.05) is 13.1 Å². The third kappa shape index (κ3) is 2.19. The lowest BCUT2D eigenvalue weighted by Gasteiger charge is -2.24. The molecule has 0 spiro atoms. The molecule has 0 bridgehead atoms. The molecule has 0 N–H and O–H groups in total. The zero-order chi connectivity index (χ0) is 15.1. The topological polar surface area (TPSA) is 58.0 Å². The fourth-order valence-corrected chi connectivity index (χ4v) is 3.65. The van der Waals surface area contributed by atoms with Crippen LogP contribution in [0.5, 0.6) is 0 Å². The summed E-state index contributed by atoms with van der Waals surface area (Å²) in [5.41, 5.74) is 2.27. The molecule has 2 saturated heterocycles. The first-order valence-electron chi connectivity index (χ1n) is 7.76. The first-order chi connectivity index (χ1) is 10.7. The Bertz CT molecular complexity index is 660. The monoisotopic (exact) mass is 296 g/mol. The highest BCUT2D eigenvalue weighted by molar-refractivity contribution is 5.50. The van der Waals surface area contributed by atoms with Crippen molar-refractivity contribution in [2.45, 2.75) is 13.8 Å². The standard InChI is InChI=1S/C16H20N6/c1-11-12(2)19-10-20-16(11)22-8-13-6-21(7-14(13)9-22)15-5-17-3-4-18-15/h3-5,10,13-14H,6-9H2,1-2H3. The molecule has 2 atom stereocenters. The van der Waals surface area contributed by atoms with Crippen LogP contribution in [0.2, 0.25) is 0 Å². The Kier molecular flexibility index (Phi) is 3.17. The van der Waals surface area contributed by atoms with Crippen LogP contribution in [0.25, 0.3) is 0 Å². The summed E-state index contributed by atoms with van der Waals surface area (Å²) >= 11 is 0. The molecule has 0 radical (unpaired) electrons. The number of rotatable bonds is 2. The predicted octanol–water partition coefficient (Wildman–Crippen LogP) is 1.46. The zero-order valence-corrected chi connectivity index (χ0v) is 13.0. The van der Waals surface area contributed by atoms with Gasteiger partial charge in [0.25, 0.3) is 0 Å². The molecule has 0 amide bonds. The number of nitrogens with zero attached hydrogens (tertiary/aromatic N) is 6. The Labute approximate surface area is 130 Å². The minimum absolute atomic E-state index is 0.677. The lowest BCUT2D eigenvalue weighted by Crippen LogP contribution is -2.30. The van der Waals surface area contributed by atoms with Crippen molar-refractivity contribution in [2.75, 3.05) is 36.0 Å². The van der Waals surface area contributed by atoms with E-state index in [-0.39, 0.29) is 0 Å². The number of aryl methyl sites for hydroxylation is 1. The molecule has 6 heteroatoms. The second-order valence-corrected chi connectivity index (χ2v) is 6.30. The van der Waals surface area contributed by atoms with E-state index in [0.717, 1.165) is 43.5 Å². The average molecular weight is 296 g/mol. The van der Waals surface area contributed by atoms with Gasteiger partial charge in [-0.05, 0) is 13.8 Å². The van der Waals surface area contributed by atoms with Gasteiger partial charge < -0.3 is 9.80 Å². The third-order valence-electron chi connectivity index (χ3n) is 4.97. The average Bonchev–Trinajstić information content (AvgIpc) is 3.09. The lowest BCUT2D eigenvalue weighted by molar-refractivity contribution is 0.533. The Morgan fingerprint density at radius 3 is 2.32 bits per heavy atom. The van der Waals surface area contributed by atoms with Gasteiger partial charge in [0.2, 0.25) is 0 Å². The van der Waals surface area contributed by atoms with Crippen molar-refractivity contribution >= 4 is 11.6 Å². The number of hydrogen-bond donors (Lipinski definition) is 0. The van der Waals surface area contributed by atoms with Crippen molar-refractivity contribution in [2.24, 2.45) is 11.8 Å². The molecule has 6 nitrogen and oxygen atoms in total. The van der Waals surface area contributed by atoms with Gasteiger partial charge in [0.05, 0.1) is 6.20 Å². The van der Waals surface area contributed by atoms with Crippen molar-refractivity contribution in [3.05, 3.63) is 36.2 Å². The molecule has 0 aliphatic carbocycles. The van der Waals surface area contributed by atoms with Gasteiger partial charge >= 0.3 is 0 Å². The molecular weight excluding hydrogens is 276 g/mol. The minimum atomic E-state index is 0.677. The molecule has 4 heterocycles. The maximum atomic E-state index is 4.50. The zero-order valence-electron chi connectivity index (χ0n) is 13.0. The Balaban J connectivity index is 1.49. The third-order valence-corrected chi connectivity index (χ3v) is 4.97. The molecule has 2 aromatic heterocycles. The van der Waals surface area contributed by atoms with Crippen LogP contribution < -0.4 is 9.80 Å². The number of aromatic nitrogens is 4. The van der Waals surface area contributed by atoms with Crippen molar-refractivity contribution < 1.29 is 0 Å². The maximum absolute atomic E-state index is 4.50. The predicted molar refractivity (Wildman–Crippen MR) is 84.9 cm³/mol. The lowest BCUT2D eigenvalue weighted by atomic mass is 10.0. The summed E-state index contributed by atoms with van der Waals surface area (Å²) in [5.74, 6) is 3.46. The van der Waals surface area contributed by atoms with Crippen molar-refractivity contribution in [3.63, 3.8) is 0 Å². The largest absolute Gasteiger partial charge is 0.356 e. The van der Waals surface area contributed by atoms with Gasteiger partial charge in [-0.15, -0.1) is 0 Å². The van der Waals surface area contributed by atoms with Gasteiger partial charge in [0.1, 0.15) is 18.0 Å².